The third-order valence-corrected chi connectivity index (χ3v) is 2.28. The second kappa shape index (κ2) is 3.69. The predicted molar refractivity (Wildman–Crippen MR) is 57.9 cm³/mol. The quantitative estimate of drug-likeness (QED) is 0.671. The monoisotopic (exact) mass is 242 g/mol. The number of aromatic nitrogens is 2. The van der Waals surface area contributed by atoms with Crippen molar-refractivity contribution in [3.8, 4) is 11.4 Å². The van der Waals surface area contributed by atoms with Crippen LogP contribution in [-0.4, -0.2) is 9.97 Å². The van der Waals surface area contributed by atoms with Gasteiger partial charge in [0, 0.05) is 18.0 Å². The minimum Gasteiger partial charge on any atom is -0.397 e. The molecule has 90 valence electrons. The fourth-order valence-corrected chi connectivity index (χ4v) is 1.48. The first-order valence-electron chi connectivity index (χ1n) is 4.65. The fourth-order valence-electron chi connectivity index (χ4n) is 1.48. The van der Waals surface area contributed by atoms with Gasteiger partial charge in [-0.05, 0) is 12.1 Å². The lowest BCUT2D eigenvalue weighted by Crippen LogP contribution is -2.10. The highest BCUT2D eigenvalue weighted by molar-refractivity contribution is 5.75. The summed E-state index contributed by atoms with van der Waals surface area (Å²) in [4.78, 5) is 6.38. The van der Waals surface area contributed by atoms with E-state index in [9.17, 15) is 13.2 Å². The average molecular weight is 242 g/mol. The van der Waals surface area contributed by atoms with Crippen LogP contribution in [0.1, 0.15) is 5.56 Å². The van der Waals surface area contributed by atoms with Gasteiger partial charge in [-0.25, -0.2) is 4.98 Å². The van der Waals surface area contributed by atoms with E-state index in [0.29, 0.717) is 0 Å². The van der Waals surface area contributed by atoms with Gasteiger partial charge in [0.1, 0.15) is 5.82 Å². The maximum absolute atomic E-state index is 12.8. The molecule has 4 nitrogen and oxygen atoms in total. The summed E-state index contributed by atoms with van der Waals surface area (Å²) in [5.74, 6) is 0.101. The van der Waals surface area contributed by atoms with Gasteiger partial charge in [-0.3, -0.25) is 0 Å². The number of hydrogen-bond acceptors (Lipinski definition) is 3. The second-order valence-corrected chi connectivity index (χ2v) is 3.46. The number of H-pyrrole nitrogens is 1. The van der Waals surface area contributed by atoms with Crippen LogP contribution in [0.4, 0.5) is 24.5 Å². The van der Waals surface area contributed by atoms with Gasteiger partial charge < -0.3 is 16.5 Å². The lowest BCUT2D eigenvalue weighted by Gasteiger charge is -2.13. The van der Waals surface area contributed by atoms with Crippen LogP contribution in [0.3, 0.4) is 0 Å². The highest BCUT2D eigenvalue weighted by atomic mass is 19.4. The molecule has 1 aromatic carbocycles. The van der Waals surface area contributed by atoms with Crippen molar-refractivity contribution in [2.75, 3.05) is 11.5 Å². The molecule has 7 heteroatoms. The first kappa shape index (κ1) is 11.3. The minimum atomic E-state index is -4.51. The third-order valence-electron chi connectivity index (χ3n) is 2.28. The van der Waals surface area contributed by atoms with Crippen molar-refractivity contribution < 1.29 is 13.2 Å². The number of nitrogens with one attached hydrogen (secondary N) is 1. The van der Waals surface area contributed by atoms with Crippen LogP contribution in [0.25, 0.3) is 11.4 Å². The first-order valence-corrected chi connectivity index (χ1v) is 4.65. The normalized spacial score (nSPS) is 11.7. The number of hydrogen-bond donors (Lipinski definition) is 3. The van der Waals surface area contributed by atoms with Crippen LogP contribution >= 0.6 is 0 Å². The number of halogens is 3. The van der Waals surface area contributed by atoms with E-state index >= 15 is 0 Å². The third kappa shape index (κ3) is 2.03. The number of imidazole rings is 1. The summed E-state index contributed by atoms with van der Waals surface area (Å²) < 4.78 is 38.4. The Bertz CT molecular complexity index is 531. The number of benzene rings is 1. The summed E-state index contributed by atoms with van der Waals surface area (Å²) in [6, 6.07) is 1.98. The molecule has 17 heavy (non-hydrogen) atoms. The number of alkyl halides is 3. The number of nitrogen functional groups attached to an aromatic ring is 2. The van der Waals surface area contributed by atoms with Gasteiger partial charge in [-0.2, -0.15) is 13.2 Å². The molecule has 0 atom stereocenters. The fraction of sp³-hybridized carbons (Fsp3) is 0.100. The maximum atomic E-state index is 12.8. The van der Waals surface area contributed by atoms with E-state index in [2.05, 4.69) is 9.97 Å². The molecule has 5 N–H and O–H groups in total. The number of nitrogens with zero attached hydrogens (tertiary/aromatic N) is 1. The Balaban J connectivity index is 2.69. The van der Waals surface area contributed by atoms with Crippen molar-refractivity contribution in [3.63, 3.8) is 0 Å². The SMILES string of the molecule is Nc1cc(-c2ncc[nH]2)c(C(F)(F)F)cc1N. The molecule has 1 heterocycles. The van der Waals surface area contributed by atoms with Crippen LogP contribution in [0.5, 0.6) is 0 Å². The Labute approximate surface area is 94.5 Å². The molecule has 0 saturated carbocycles. The summed E-state index contributed by atoms with van der Waals surface area (Å²) in [5.41, 5.74) is 9.89. The van der Waals surface area contributed by atoms with E-state index in [1.807, 2.05) is 0 Å². The van der Waals surface area contributed by atoms with Crippen molar-refractivity contribution in [1.82, 2.24) is 9.97 Å². The van der Waals surface area contributed by atoms with Crippen molar-refractivity contribution >= 4 is 11.4 Å². The zero-order valence-electron chi connectivity index (χ0n) is 8.55. The molecule has 0 aliphatic heterocycles. The van der Waals surface area contributed by atoms with Crippen molar-refractivity contribution in [1.29, 1.82) is 0 Å². The van der Waals surface area contributed by atoms with Gasteiger partial charge in [0.2, 0.25) is 0 Å². The molecule has 0 radical (unpaired) electrons. The van der Waals surface area contributed by atoms with E-state index in [1.165, 1.54) is 12.4 Å². The Kier molecular flexibility index (Phi) is 2.45. The zero-order valence-corrected chi connectivity index (χ0v) is 8.55. The second-order valence-electron chi connectivity index (χ2n) is 3.46. The lowest BCUT2D eigenvalue weighted by atomic mass is 10.0. The van der Waals surface area contributed by atoms with Gasteiger partial charge in [0.15, 0.2) is 0 Å². The number of anilines is 2. The minimum absolute atomic E-state index is 0.0874. The average Bonchev–Trinajstić information content (AvgIpc) is 2.73. The van der Waals surface area contributed by atoms with E-state index in [1.54, 1.807) is 0 Å². The largest absolute Gasteiger partial charge is 0.417 e. The zero-order chi connectivity index (χ0) is 12.6. The van der Waals surface area contributed by atoms with Gasteiger partial charge >= 0.3 is 6.18 Å². The molecule has 0 unspecified atom stereocenters. The molecular formula is C10H9F3N4. The predicted octanol–water partition coefficient (Wildman–Crippen LogP) is 2.26. The maximum Gasteiger partial charge on any atom is 0.417 e. The van der Waals surface area contributed by atoms with Crippen LogP contribution in [0, 0.1) is 0 Å². The van der Waals surface area contributed by atoms with Crippen LogP contribution < -0.4 is 11.5 Å². The summed E-state index contributed by atoms with van der Waals surface area (Å²) in [6.07, 6.45) is -1.71. The molecule has 2 rings (SSSR count). The first-order chi connectivity index (χ1) is 7.89. The Morgan fingerprint density at radius 2 is 1.76 bits per heavy atom. The van der Waals surface area contributed by atoms with Gasteiger partial charge in [0.25, 0.3) is 0 Å². The molecule has 0 amide bonds. The highest BCUT2D eigenvalue weighted by Crippen LogP contribution is 2.38. The molecule has 2 aromatic rings. The molecule has 0 spiro atoms. The molecule has 0 fully saturated rings. The molecule has 0 saturated heterocycles. The topological polar surface area (TPSA) is 80.7 Å². The van der Waals surface area contributed by atoms with Crippen LogP contribution in [0.2, 0.25) is 0 Å². The summed E-state index contributed by atoms with van der Waals surface area (Å²) >= 11 is 0. The molecule has 1 aromatic heterocycles. The van der Waals surface area contributed by atoms with Crippen LogP contribution in [-0.2, 0) is 6.18 Å². The standard InChI is InChI=1S/C10H9F3N4/c11-10(12,13)6-4-8(15)7(14)3-5(6)9-16-1-2-17-9/h1-4H,14-15H2,(H,16,17). The number of nitrogens with two attached hydrogens (primary N) is 2. The summed E-state index contributed by atoms with van der Waals surface area (Å²) in [7, 11) is 0. The Hall–Kier alpha value is -2.18. The molecule has 0 aliphatic rings. The van der Waals surface area contributed by atoms with Crippen molar-refractivity contribution in [2.45, 2.75) is 6.18 Å². The summed E-state index contributed by atoms with van der Waals surface area (Å²) in [5, 5.41) is 0. The van der Waals surface area contributed by atoms with Gasteiger partial charge in [-0.15, -0.1) is 0 Å². The van der Waals surface area contributed by atoms with Gasteiger partial charge in [0.05, 0.1) is 16.9 Å². The van der Waals surface area contributed by atoms with Crippen LogP contribution in [0.15, 0.2) is 24.5 Å². The highest BCUT2D eigenvalue weighted by Gasteiger charge is 2.35. The van der Waals surface area contributed by atoms with E-state index in [4.69, 9.17) is 11.5 Å². The number of rotatable bonds is 1. The smallest absolute Gasteiger partial charge is 0.397 e. The van der Waals surface area contributed by atoms with Crippen molar-refractivity contribution in [2.24, 2.45) is 0 Å². The summed E-state index contributed by atoms with van der Waals surface area (Å²) in [6.45, 7) is 0. The molecule has 0 bridgehead atoms. The van der Waals surface area contributed by atoms with Crippen molar-refractivity contribution in [3.05, 3.63) is 30.1 Å². The van der Waals surface area contributed by atoms with E-state index in [0.717, 1.165) is 12.1 Å². The molecular weight excluding hydrogens is 233 g/mol. The molecule has 0 aliphatic carbocycles. The van der Waals surface area contributed by atoms with E-state index < -0.39 is 11.7 Å². The Morgan fingerprint density at radius 1 is 1.12 bits per heavy atom. The lowest BCUT2D eigenvalue weighted by molar-refractivity contribution is -0.137. The van der Waals surface area contributed by atoms with E-state index in [-0.39, 0.29) is 22.8 Å². The Morgan fingerprint density at radius 3 is 2.29 bits per heavy atom. The number of aromatic amines is 1. The van der Waals surface area contributed by atoms with Gasteiger partial charge in [-0.1, -0.05) is 0 Å².